The minimum atomic E-state index is 0.969. The normalized spacial score (nSPS) is 10.9. The molecule has 0 atom stereocenters. The molecule has 1 N–H and O–H groups in total. The Hall–Kier alpha value is -1.61. The van der Waals surface area contributed by atoms with E-state index in [-0.39, 0.29) is 0 Å². The summed E-state index contributed by atoms with van der Waals surface area (Å²) < 4.78 is 0. The molecule has 2 rings (SSSR count). The van der Waals surface area contributed by atoms with E-state index in [4.69, 9.17) is 0 Å². The van der Waals surface area contributed by atoms with Crippen molar-refractivity contribution in [1.82, 2.24) is 14.9 Å². The van der Waals surface area contributed by atoms with Gasteiger partial charge in [-0.25, -0.2) is 4.98 Å². The van der Waals surface area contributed by atoms with Gasteiger partial charge in [0.2, 0.25) is 0 Å². The lowest BCUT2D eigenvalue weighted by molar-refractivity contribution is 0.329. The van der Waals surface area contributed by atoms with Gasteiger partial charge in [-0.1, -0.05) is 30.3 Å². The predicted molar refractivity (Wildman–Crippen MR) is 65.1 cm³/mol. The Labute approximate surface area is 96.1 Å². The van der Waals surface area contributed by atoms with E-state index in [1.807, 2.05) is 12.3 Å². The molecule has 0 aliphatic carbocycles. The third-order valence-electron chi connectivity index (χ3n) is 2.58. The maximum atomic E-state index is 4.21. The van der Waals surface area contributed by atoms with E-state index in [9.17, 15) is 0 Å². The summed E-state index contributed by atoms with van der Waals surface area (Å²) in [5, 5.41) is 0. The monoisotopic (exact) mass is 215 g/mol. The molecule has 1 aromatic carbocycles. The predicted octanol–water partition coefficient (Wildman–Crippen LogP) is 2.08. The summed E-state index contributed by atoms with van der Waals surface area (Å²) in [4.78, 5) is 9.64. The molecule has 1 aromatic heterocycles. The highest BCUT2D eigenvalue weighted by Crippen LogP contribution is 2.03. The van der Waals surface area contributed by atoms with Crippen molar-refractivity contribution in [2.24, 2.45) is 0 Å². The van der Waals surface area contributed by atoms with Gasteiger partial charge >= 0.3 is 0 Å². The van der Waals surface area contributed by atoms with Crippen LogP contribution in [0.5, 0.6) is 0 Å². The second-order valence-corrected chi connectivity index (χ2v) is 4.01. The first-order valence-corrected chi connectivity index (χ1v) is 5.55. The highest BCUT2D eigenvalue weighted by atomic mass is 15.1. The van der Waals surface area contributed by atoms with Crippen molar-refractivity contribution in [3.63, 3.8) is 0 Å². The lowest BCUT2D eigenvalue weighted by atomic mass is 10.2. The number of aromatic nitrogens is 2. The number of rotatable bonds is 5. The second-order valence-electron chi connectivity index (χ2n) is 4.01. The smallest absolute Gasteiger partial charge is 0.107 e. The number of H-pyrrole nitrogens is 1. The van der Waals surface area contributed by atoms with Crippen LogP contribution in [0.2, 0.25) is 0 Å². The van der Waals surface area contributed by atoms with Crippen LogP contribution in [-0.2, 0) is 13.0 Å². The van der Waals surface area contributed by atoms with E-state index in [1.54, 1.807) is 6.20 Å². The van der Waals surface area contributed by atoms with Crippen molar-refractivity contribution >= 4 is 0 Å². The third kappa shape index (κ3) is 3.21. The molecule has 2 aromatic rings. The summed E-state index contributed by atoms with van der Waals surface area (Å²) in [6, 6.07) is 10.5. The molecule has 1 heterocycles. The van der Waals surface area contributed by atoms with Crippen LogP contribution >= 0.6 is 0 Å². The lowest BCUT2D eigenvalue weighted by Crippen LogP contribution is -2.21. The zero-order valence-electron chi connectivity index (χ0n) is 9.56. The average Bonchev–Trinajstić information content (AvgIpc) is 2.81. The number of hydrogen-bond donors (Lipinski definition) is 1. The average molecular weight is 215 g/mol. The van der Waals surface area contributed by atoms with E-state index in [1.165, 1.54) is 5.56 Å². The van der Waals surface area contributed by atoms with Crippen molar-refractivity contribution in [2.75, 3.05) is 13.6 Å². The van der Waals surface area contributed by atoms with Gasteiger partial charge in [-0.05, 0) is 12.6 Å². The Kier molecular flexibility index (Phi) is 3.72. The van der Waals surface area contributed by atoms with Gasteiger partial charge in [0.25, 0.3) is 0 Å². The molecule has 3 heteroatoms. The van der Waals surface area contributed by atoms with Crippen LogP contribution in [0.3, 0.4) is 0 Å². The SMILES string of the molecule is CN(CCc1ncc[nH]1)Cc1ccccc1. The Bertz CT molecular complexity index is 394. The number of nitrogens with zero attached hydrogens (tertiary/aromatic N) is 2. The van der Waals surface area contributed by atoms with E-state index in [0.29, 0.717) is 0 Å². The number of imidazole rings is 1. The fourth-order valence-electron chi connectivity index (χ4n) is 1.71. The van der Waals surface area contributed by atoms with Crippen molar-refractivity contribution in [3.8, 4) is 0 Å². The minimum Gasteiger partial charge on any atom is -0.349 e. The summed E-state index contributed by atoms with van der Waals surface area (Å²) >= 11 is 0. The van der Waals surface area contributed by atoms with Crippen LogP contribution in [-0.4, -0.2) is 28.5 Å². The van der Waals surface area contributed by atoms with Crippen molar-refractivity contribution in [1.29, 1.82) is 0 Å². The number of aromatic amines is 1. The molecule has 0 aliphatic rings. The molecule has 0 spiro atoms. The summed E-state index contributed by atoms with van der Waals surface area (Å²) in [6.45, 7) is 2.00. The minimum absolute atomic E-state index is 0.969. The fraction of sp³-hybridized carbons (Fsp3) is 0.308. The number of benzene rings is 1. The Morgan fingerprint density at radius 1 is 1.25 bits per heavy atom. The van der Waals surface area contributed by atoms with Crippen LogP contribution < -0.4 is 0 Å². The highest BCUT2D eigenvalue weighted by Gasteiger charge is 2.01. The molecular formula is C13H17N3. The summed E-state index contributed by atoms with van der Waals surface area (Å²) in [6.07, 6.45) is 4.63. The standard InChI is InChI=1S/C13H17N3/c1-16(10-7-13-14-8-9-15-13)11-12-5-3-2-4-6-12/h2-6,8-9H,7,10-11H2,1H3,(H,14,15). The molecule has 0 bridgehead atoms. The second kappa shape index (κ2) is 5.47. The van der Waals surface area contributed by atoms with Crippen LogP contribution in [0, 0.1) is 0 Å². The number of hydrogen-bond acceptors (Lipinski definition) is 2. The lowest BCUT2D eigenvalue weighted by Gasteiger charge is -2.15. The summed E-state index contributed by atoms with van der Waals surface area (Å²) in [5.41, 5.74) is 1.35. The van der Waals surface area contributed by atoms with Crippen LogP contribution in [0.15, 0.2) is 42.7 Å². The number of nitrogens with one attached hydrogen (secondary N) is 1. The first-order valence-electron chi connectivity index (χ1n) is 5.55. The molecule has 84 valence electrons. The quantitative estimate of drug-likeness (QED) is 0.828. The molecular weight excluding hydrogens is 198 g/mol. The third-order valence-corrected chi connectivity index (χ3v) is 2.58. The Balaban J connectivity index is 1.78. The van der Waals surface area contributed by atoms with Crippen molar-refractivity contribution in [2.45, 2.75) is 13.0 Å². The molecule has 3 nitrogen and oxygen atoms in total. The largest absolute Gasteiger partial charge is 0.349 e. The van der Waals surface area contributed by atoms with Gasteiger partial charge in [0, 0.05) is 31.9 Å². The summed E-state index contributed by atoms with van der Waals surface area (Å²) in [5.74, 6) is 1.06. The van der Waals surface area contributed by atoms with E-state index in [2.05, 4.69) is 46.2 Å². The number of likely N-dealkylation sites (N-methyl/N-ethyl adjacent to an activating group) is 1. The van der Waals surface area contributed by atoms with E-state index < -0.39 is 0 Å². The zero-order valence-corrected chi connectivity index (χ0v) is 9.56. The van der Waals surface area contributed by atoms with Crippen LogP contribution in [0.4, 0.5) is 0 Å². The molecule has 0 saturated heterocycles. The molecule has 0 saturated carbocycles. The molecule has 0 fully saturated rings. The van der Waals surface area contributed by atoms with Crippen LogP contribution in [0.25, 0.3) is 0 Å². The van der Waals surface area contributed by atoms with Crippen molar-refractivity contribution < 1.29 is 0 Å². The van der Waals surface area contributed by atoms with Gasteiger partial charge in [-0.3, -0.25) is 0 Å². The van der Waals surface area contributed by atoms with Gasteiger partial charge in [0.05, 0.1) is 0 Å². The van der Waals surface area contributed by atoms with E-state index in [0.717, 1.165) is 25.3 Å². The molecule has 0 radical (unpaired) electrons. The van der Waals surface area contributed by atoms with Gasteiger partial charge < -0.3 is 9.88 Å². The highest BCUT2D eigenvalue weighted by molar-refractivity contribution is 5.14. The van der Waals surface area contributed by atoms with Gasteiger partial charge in [-0.2, -0.15) is 0 Å². The van der Waals surface area contributed by atoms with Gasteiger partial charge in [-0.15, -0.1) is 0 Å². The first-order chi connectivity index (χ1) is 7.84. The molecule has 16 heavy (non-hydrogen) atoms. The van der Waals surface area contributed by atoms with Gasteiger partial charge in [0.15, 0.2) is 0 Å². The van der Waals surface area contributed by atoms with Crippen LogP contribution in [0.1, 0.15) is 11.4 Å². The maximum Gasteiger partial charge on any atom is 0.107 e. The zero-order chi connectivity index (χ0) is 11.2. The fourth-order valence-corrected chi connectivity index (χ4v) is 1.71. The van der Waals surface area contributed by atoms with Crippen molar-refractivity contribution in [3.05, 3.63) is 54.1 Å². The first kappa shape index (κ1) is 10.9. The Morgan fingerprint density at radius 2 is 2.06 bits per heavy atom. The summed E-state index contributed by atoms with van der Waals surface area (Å²) in [7, 11) is 2.13. The van der Waals surface area contributed by atoms with Gasteiger partial charge in [0.1, 0.15) is 5.82 Å². The molecule has 0 unspecified atom stereocenters. The van der Waals surface area contributed by atoms with E-state index >= 15 is 0 Å². The topological polar surface area (TPSA) is 31.9 Å². The molecule has 0 amide bonds. The molecule has 0 aliphatic heterocycles. The Morgan fingerprint density at radius 3 is 2.75 bits per heavy atom. The maximum absolute atomic E-state index is 4.21.